The van der Waals surface area contributed by atoms with Gasteiger partial charge in [0.1, 0.15) is 5.75 Å². The number of hydrogen-bond acceptors (Lipinski definition) is 1. The number of aryl methyl sites for hydroxylation is 1. The molecule has 1 rings (SSSR count). The predicted octanol–water partition coefficient (Wildman–Crippen LogP) is 4.08. The maximum absolute atomic E-state index is 9.86. The van der Waals surface area contributed by atoms with Crippen molar-refractivity contribution >= 4 is 6.08 Å². The maximum Gasteiger partial charge on any atom is 0.125 e. The van der Waals surface area contributed by atoms with Gasteiger partial charge in [0.05, 0.1) is 0 Å². The molecule has 15 heavy (non-hydrogen) atoms. The zero-order valence-electron chi connectivity index (χ0n) is 9.71. The molecule has 0 aliphatic heterocycles. The third-order valence-electron chi connectivity index (χ3n) is 2.84. The van der Waals surface area contributed by atoms with Crippen LogP contribution in [0.1, 0.15) is 42.9 Å². The van der Waals surface area contributed by atoms with E-state index in [-0.39, 0.29) is 0 Å². The fraction of sp³-hybridized carbons (Fsp3) is 0.429. The van der Waals surface area contributed by atoms with Gasteiger partial charge in [-0.2, -0.15) is 0 Å². The predicted molar refractivity (Wildman–Crippen MR) is 66.2 cm³/mol. The van der Waals surface area contributed by atoms with Crippen molar-refractivity contribution in [2.45, 2.75) is 39.5 Å². The van der Waals surface area contributed by atoms with E-state index in [4.69, 9.17) is 0 Å². The topological polar surface area (TPSA) is 20.2 Å². The molecule has 1 N–H and O–H groups in total. The second-order valence-electron chi connectivity index (χ2n) is 3.95. The highest BCUT2D eigenvalue weighted by Crippen LogP contribution is 2.27. The van der Waals surface area contributed by atoms with E-state index in [1.165, 1.54) is 24.8 Å². The summed E-state index contributed by atoms with van der Waals surface area (Å²) in [5.41, 5.74) is 3.08. The molecule has 0 aliphatic rings. The van der Waals surface area contributed by atoms with E-state index < -0.39 is 0 Å². The van der Waals surface area contributed by atoms with Gasteiger partial charge in [0.15, 0.2) is 0 Å². The van der Waals surface area contributed by atoms with Crippen molar-refractivity contribution in [3.05, 3.63) is 35.4 Å². The van der Waals surface area contributed by atoms with Gasteiger partial charge in [0.25, 0.3) is 0 Å². The monoisotopic (exact) mass is 204 g/mol. The van der Waals surface area contributed by atoms with Crippen LogP contribution in [0.3, 0.4) is 0 Å². The summed E-state index contributed by atoms with van der Waals surface area (Å²) in [6, 6.07) is 4.04. The minimum absolute atomic E-state index is 0.388. The van der Waals surface area contributed by atoms with E-state index in [0.717, 1.165) is 17.5 Å². The van der Waals surface area contributed by atoms with Crippen molar-refractivity contribution < 1.29 is 5.11 Å². The van der Waals surface area contributed by atoms with Crippen molar-refractivity contribution in [2.75, 3.05) is 0 Å². The first-order valence-corrected chi connectivity index (χ1v) is 5.64. The summed E-state index contributed by atoms with van der Waals surface area (Å²) in [5, 5.41) is 9.86. The highest BCUT2D eigenvalue weighted by Gasteiger charge is 2.06. The van der Waals surface area contributed by atoms with Crippen molar-refractivity contribution in [3.63, 3.8) is 0 Å². The van der Waals surface area contributed by atoms with Crippen molar-refractivity contribution in [1.82, 2.24) is 0 Å². The standard InChI is InChI=1S/C14H20O/c1-4-6-7-8-13-10-9-12(5-2)14(15)11(13)3/h5,9-10,15H,2,4,6-8H2,1,3H3. The molecule has 1 aromatic carbocycles. The highest BCUT2D eigenvalue weighted by molar-refractivity contribution is 5.59. The van der Waals surface area contributed by atoms with Crippen molar-refractivity contribution in [1.29, 1.82) is 0 Å². The van der Waals surface area contributed by atoms with Gasteiger partial charge < -0.3 is 5.11 Å². The molecule has 0 saturated heterocycles. The van der Waals surface area contributed by atoms with E-state index in [1.807, 2.05) is 13.0 Å². The quantitative estimate of drug-likeness (QED) is 0.717. The highest BCUT2D eigenvalue weighted by atomic mass is 16.3. The number of phenols is 1. The summed E-state index contributed by atoms with van der Waals surface area (Å²) in [6.45, 7) is 7.85. The van der Waals surface area contributed by atoms with Gasteiger partial charge in [-0.1, -0.05) is 44.6 Å². The van der Waals surface area contributed by atoms with Crippen molar-refractivity contribution in [3.8, 4) is 5.75 Å². The average Bonchev–Trinajstić information content (AvgIpc) is 2.25. The summed E-state index contributed by atoms with van der Waals surface area (Å²) in [7, 11) is 0. The maximum atomic E-state index is 9.86. The number of rotatable bonds is 5. The van der Waals surface area contributed by atoms with Gasteiger partial charge >= 0.3 is 0 Å². The molecule has 0 aliphatic carbocycles. The Bertz CT molecular complexity index is 339. The third-order valence-corrected chi connectivity index (χ3v) is 2.84. The molecular formula is C14H20O. The molecule has 0 saturated carbocycles. The van der Waals surface area contributed by atoms with Crippen LogP contribution in [0, 0.1) is 6.92 Å². The molecule has 0 radical (unpaired) electrons. The van der Waals surface area contributed by atoms with Gasteiger partial charge in [0.2, 0.25) is 0 Å². The normalized spacial score (nSPS) is 10.3. The van der Waals surface area contributed by atoms with Crippen LogP contribution in [0.2, 0.25) is 0 Å². The van der Waals surface area contributed by atoms with Crippen molar-refractivity contribution in [2.24, 2.45) is 0 Å². The van der Waals surface area contributed by atoms with Crippen LogP contribution < -0.4 is 0 Å². The fourth-order valence-corrected chi connectivity index (χ4v) is 1.76. The SMILES string of the molecule is C=Cc1ccc(CCCCC)c(C)c1O. The van der Waals surface area contributed by atoms with E-state index in [1.54, 1.807) is 6.08 Å². The molecule has 82 valence electrons. The summed E-state index contributed by atoms with van der Waals surface area (Å²) in [5.74, 6) is 0.388. The second kappa shape index (κ2) is 5.59. The lowest BCUT2D eigenvalue weighted by Crippen LogP contribution is -1.92. The van der Waals surface area contributed by atoms with Crippen LogP contribution in [-0.2, 0) is 6.42 Å². The lowest BCUT2D eigenvalue weighted by molar-refractivity contribution is 0.468. The number of aromatic hydroxyl groups is 1. The molecular weight excluding hydrogens is 184 g/mol. The van der Waals surface area contributed by atoms with E-state index in [2.05, 4.69) is 19.6 Å². The van der Waals surface area contributed by atoms with E-state index in [9.17, 15) is 5.11 Å². The molecule has 0 atom stereocenters. The lowest BCUT2D eigenvalue weighted by atomic mass is 9.98. The van der Waals surface area contributed by atoms with Gasteiger partial charge in [-0.3, -0.25) is 0 Å². The van der Waals surface area contributed by atoms with Crippen LogP contribution in [0.15, 0.2) is 18.7 Å². The molecule has 1 nitrogen and oxygen atoms in total. The van der Waals surface area contributed by atoms with Gasteiger partial charge in [0, 0.05) is 5.56 Å². The van der Waals surface area contributed by atoms with Gasteiger partial charge in [-0.15, -0.1) is 0 Å². The molecule has 0 amide bonds. The summed E-state index contributed by atoms with van der Waals surface area (Å²) in [6.07, 6.45) is 6.44. The molecule has 0 unspecified atom stereocenters. The Balaban J connectivity index is 2.82. The third kappa shape index (κ3) is 2.85. The Morgan fingerprint density at radius 2 is 2.07 bits per heavy atom. The Labute approximate surface area is 92.5 Å². The van der Waals surface area contributed by atoms with Crippen LogP contribution in [0.4, 0.5) is 0 Å². The Kier molecular flexibility index (Phi) is 4.41. The van der Waals surface area contributed by atoms with Crippen LogP contribution >= 0.6 is 0 Å². The molecule has 0 fully saturated rings. The minimum atomic E-state index is 0.388. The number of phenolic OH excluding ortho intramolecular Hbond substituents is 1. The lowest BCUT2D eigenvalue weighted by Gasteiger charge is -2.09. The first-order chi connectivity index (χ1) is 7.20. The largest absolute Gasteiger partial charge is 0.507 e. The van der Waals surface area contributed by atoms with Gasteiger partial charge in [-0.25, -0.2) is 0 Å². The summed E-state index contributed by atoms with van der Waals surface area (Å²) < 4.78 is 0. The molecule has 0 bridgehead atoms. The zero-order chi connectivity index (χ0) is 11.3. The molecule has 1 heteroatoms. The smallest absolute Gasteiger partial charge is 0.125 e. The summed E-state index contributed by atoms with van der Waals surface area (Å²) in [4.78, 5) is 0. The van der Waals surface area contributed by atoms with Crippen LogP contribution in [0.25, 0.3) is 6.08 Å². The Morgan fingerprint density at radius 3 is 2.67 bits per heavy atom. The first kappa shape index (κ1) is 11.8. The number of unbranched alkanes of at least 4 members (excludes halogenated alkanes) is 2. The molecule has 0 spiro atoms. The van der Waals surface area contributed by atoms with Crippen LogP contribution in [0.5, 0.6) is 5.75 Å². The molecule has 1 aromatic rings. The average molecular weight is 204 g/mol. The summed E-state index contributed by atoms with van der Waals surface area (Å²) >= 11 is 0. The molecule has 0 aromatic heterocycles. The number of benzene rings is 1. The van der Waals surface area contributed by atoms with Gasteiger partial charge in [-0.05, 0) is 30.9 Å². The Morgan fingerprint density at radius 1 is 1.33 bits per heavy atom. The zero-order valence-corrected chi connectivity index (χ0v) is 9.71. The van der Waals surface area contributed by atoms with Crippen LogP contribution in [-0.4, -0.2) is 5.11 Å². The first-order valence-electron chi connectivity index (χ1n) is 5.64. The van der Waals surface area contributed by atoms with E-state index in [0.29, 0.717) is 5.75 Å². The van der Waals surface area contributed by atoms with E-state index >= 15 is 0 Å². The number of hydrogen-bond donors (Lipinski definition) is 1. The second-order valence-corrected chi connectivity index (χ2v) is 3.95. The Hall–Kier alpha value is -1.24. The fourth-order valence-electron chi connectivity index (χ4n) is 1.76. The minimum Gasteiger partial charge on any atom is -0.507 e. The molecule has 0 heterocycles.